The molecule has 0 unspecified atom stereocenters. The lowest BCUT2D eigenvalue weighted by Gasteiger charge is -2.36. The minimum Gasteiger partial charge on any atom is -0.368 e. The van der Waals surface area contributed by atoms with E-state index in [1.165, 1.54) is 18.5 Å². The monoisotopic (exact) mass is 391 g/mol. The Hall–Kier alpha value is -3.48. The van der Waals surface area contributed by atoms with E-state index in [0.29, 0.717) is 5.69 Å². The lowest BCUT2D eigenvalue weighted by molar-refractivity contribution is 0.102. The molecule has 0 bridgehead atoms. The molecule has 148 valence electrons. The number of aryl methyl sites for hydroxylation is 1. The van der Waals surface area contributed by atoms with Crippen LogP contribution in [0.15, 0.2) is 60.9 Å². The summed E-state index contributed by atoms with van der Waals surface area (Å²) in [4.78, 5) is 25.3. The zero-order valence-corrected chi connectivity index (χ0v) is 16.2. The second-order valence-corrected chi connectivity index (χ2v) is 7.03. The van der Waals surface area contributed by atoms with Crippen LogP contribution in [0, 0.1) is 12.7 Å². The Bertz CT molecular complexity index is 983. The minimum atomic E-state index is -0.262. The molecule has 6 nitrogen and oxygen atoms in total. The van der Waals surface area contributed by atoms with Gasteiger partial charge in [0.25, 0.3) is 5.91 Å². The van der Waals surface area contributed by atoms with E-state index in [9.17, 15) is 9.18 Å². The van der Waals surface area contributed by atoms with E-state index in [0.717, 1.165) is 48.9 Å². The zero-order valence-electron chi connectivity index (χ0n) is 16.2. The topological polar surface area (TPSA) is 61.4 Å². The Morgan fingerprint density at radius 1 is 0.931 bits per heavy atom. The number of nitrogens with zero attached hydrogens (tertiary/aromatic N) is 4. The number of amides is 1. The molecule has 1 N–H and O–H groups in total. The highest BCUT2D eigenvalue weighted by molar-refractivity contribution is 6.03. The fourth-order valence-electron chi connectivity index (χ4n) is 3.32. The van der Waals surface area contributed by atoms with Gasteiger partial charge in [0.05, 0.1) is 0 Å². The number of carbonyl (C=O) groups is 1. The van der Waals surface area contributed by atoms with Crippen LogP contribution in [0.3, 0.4) is 0 Å². The minimum absolute atomic E-state index is 0.232. The number of hydrogen-bond acceptors (Lipinski definition) is 5. The van der Waals surface area contributed by atoms with E-state index < -0.39 is 0 Å². The van der Waals surface area contributed by atoms with Crippen molar-refractivity contribution in [3.63, 3.8) is 0 Å². The van der Waals surface area contributed by atoms with Crippen molar-refractivity contribution in [2.24, 2.45) is 0 Å². The molecule has 0 spiro atoms. The SMILES string of the molecule is Cc1ccc(NC(=O)c2cc(N3CCN(c4ccc(F)cc4)CC3)ncn2)cc1. The van der Waals surface area contributed by atoms with Crippen molar-refractivity contribution in [2.75, 3.05) is 41.3 Å². The molecular weight excluding hydrogens is 369 g/mol. The van der Waals surface area contributed by atoms with Gasteiger partial charge in [0.2, 0.25) is 0 Å². The molecule has 1 fully saturated rings. The smallest absolute Gasteiger partial charge is 0.274 e. The van der Waals surface area contributed by atoms with Gasteiger partial charge >= 0.3 is 0 Å². The second kappa shape index (κ2) is 8.26. The number of piperazine rings is 1. The number of carbonyl (C=O) groups excluding carboxylic acids is 1. The summed E-state index contributed by atoms with van der Waals surface area (Å²) >= 11 is 0. The third kappa shape index (κ3) is 4.51. The van der Waals surface area contributed by atoms with Crippen LogP contribution in [0.1, 0.15) is 16.1 Å². The Labute approximate surface area is 169 Å². The third-order valence-electron chi connectivity index (χ3n) is 4.99. The molecule has 2 heterocycles. The number of halogens is 1. The van der Waals surface area contributed by atoms with E-state index in [-0.39, 0.29) is 11.7 Å². The van der Waals surface area contributed by atoms with Crippen molar-refractivity contribution in [1.29, 1.82) is 0 Å². The van der Waals surface area contributed by atoms with Crippen molar-refractivity contribution in [3.05, 3.63) is 78.0 Å². The number of rotatable bonds is 4. The summed E-state index contributed by atoms with van der Waals surface area (Å²) in [5, 5.41) is 2.86. The molecule has 29 heavy (non-hydrogen) atoms. The molecule has 4 rings (SSSR count). The fraction of sp³-hybridized carbons (Fsp3) is 0.227. The number of hydrogen-bond donors (Lipinski definition) is 1. The molecular formula is C22H22FN5O. The summed E-state index contributed by atoms with van der Waals surface area (Å²) in [6, 6.07) is 15.9. The van der Waals surface area contributed by atoms with Crippen molar-refractivity contribution in [1.82, 2.24) is 9.97 Å². The van der Waals surface area contributed by atoms with Crippen LogP contribution in [-0.4, -0.2) is 42.1 Å². The van der Waals surface area contributed by atoms with Crippen molar-refractivity contribution < 1.29 is 9.18 Å². The predicted octanol–water partition coefficient (Wildman–Crippen LogP) is 3.50. The first-order valence-corrected chi connectivity index (χ1v) is 9.54. The van der Waals surface area contributed by atoms with Crippen LogP contribution in [-0.2, 0) is 0 Å². The molecule has 0 atom stereocenters. The molecule has 3 aromatic rings. The summed E-state index contributed by atoms with van der Waals surface area (Å²) < 4.78 is 13.1. The summed E-state index contributed by atoms with van der Waals surface area (Å²) in [6.45, 7) is 5.10. The van der Waals surface area contributed by atoms with Gasteiger partial charge in [-0.05, 0) is 43.3 Å². The molecule has 1 aromatic heterocycles. The molecule has 1 saturated heterocycles. The maximum Gasteiger partial charge on any atom is 0.274 e. The van der Waals surface area contributed by atoms with Crippen LogP contribution >= 0.6 is 0 Å². The zero-order chi connectivity index (χ0) is 20.2. The molecule has 1 amide bonds. The highest BCUT2D eigenvalue weighted by Gasteiger charge is 2.20. The van der Waals surface area contributed by atoms with Crippen LogP contribution in [0.2, 0.25) is 0 Å². The van der Waals surface area contributed by atoms with Gasteiger partial charge < -0.3 is 15.1 Å². The van der Waals surface area contributed by atoms with Gasteiger partial charge in [-0.25, -0.2) is 14.4 Å². The average Bonchev–Trinajstić information content (AvgIpc) is 2.76. The normalized spacial score (nSPS) is 14.0. The molecule has 0 saturated carbocycles. The number of benzene rings is 2. The summed E-state index contributed by atoms with van der Waals surface area (Å²) in [6.07, 6.45) is 1.42. The Morgan fingerprint density at radius 2 is 1.59 bits per heavy atom. The van der Waals surface area contributed by atoms with E-state index in [4.69, 9.17) is 0 Å². The fourth-order valence-corrected chi connectivity index (χ4v) is 3.32. The first kappa shape index (κ1) is 18.9. The lowest BCUT2D eigenvalue weighted by Crippen LogP contribution is -2.46. The van der Waals surface area contributed by atoms with Gasteiger partial charge in [-0.1, -0.05) is 17.7 Å². The standard InChI is InChI=1S/C22H22FN5O/c1-16-2-6-18(7-3-16)26-22(29)20-14-21(25-15-24-20)28-12-10-27(11-13-28)19-8-4-17(23)5-9-19/h2-9,14-15H,10-13H2,1H3,(H,26,29). The van der Waals surface area contributed by atoms with Crippen LogP contribution < -0.4 is 15.1 Å². The van der Waals surface area contributed by atoms with Gasteiger partial charge in [0.15, 0.2) is 0 Å². The quantitative estimate of drug-likeness (QED) is 0.738. The maximum atomic E-state index is 13.1. The maximum absolute atomic E-state index is 13.1. The van der Waals surface area contributed by atoms with Gasteiger partial charge in [-0.15, -0.1) is 0 Å². The number of aromatic nitrogens is 2. The van der Waals surface area contributed by atoms with E-state index in [2.05, 4.69) is 25.1 Å². The Morgan fingerprint density at radius 3 is 2.28 bits per heavy atom. The summed E-state index contributed by atoms with van der Waals surface area (Å²) in [5.41, 5.74) is 3.20. The lowest BCUT2D eigenvalue weighted by atomic mass is 10.2. The van der Waals surface area contributed by atoms with Crippen molar-refractivity contribution in [3.8, 4) is 0 Å². The van der Waals surface area contributed by atoms with E-state index in [1.54, 1.807) is 18.2 Å². The largest absolute Gasteiger partial charge is 0.368 e. The van der Waals surface area contributed by atoms with Gasteiger partial charge in [-0.3, -0.25) is 4.79 Å². The van der Waals surface area contributed by atoms with Crippen LogP contribution in [0.4, 0.5) is 21.6 Å². The number of anilines is 3. The van der Waals surface area contributed by atoms with Crippen LogP contribution in [0.5, 0.6) is 0 Å². The Balaban J connectivity index is 1.40. The summed E-state index contributed by atoms with van der Waals surface area (Å²) in [7, 11) is 0. The average molecular weight is 391 g/mol. The Kier molecular flexibility index (Phi) is 5.37. The first-order valence-electron chi connectivity index (χ1n) is 9.54. The first-order chi connectivity index (χ1) is 14.1. The predicted molar refractivity (Wildman–Crippen MR) is 112 cm³/mol. The van der Waals surface area contributed by atoms with Crippen molar-refractivity contribution >= 4 is 23.1 Å². The molecule has 1 aliphatic rings. The second-order valence-electron chi connectivity index (χ2n) is 7.03. The highest BCUT2D eigenvalue weighted by Crippen LogP contribution is 2.20. The van der Waals surface area contributed by atoms with Gasteiger partial charge in [0, 0.05) is 43.6 Å². The van der Waals surface area contributed by atoms with Gasteiger partial charge in [-0.2, -0.15) is 0 Å². The molecule has 2 aromatic carbocycles. The van der Waals surface area contributed by atoms with E-state index >= 15 is 0 Å². The third-order valence-corrected chi connectivity index (χ3v) is 4.99. The molecule has 1 aliphatic heterocycles. The molecule has 0 aliphatic carbocycles. The van der Waals surface area contributed by atoms with Crippen molar-refractivity contribution in [2.45, 2.75) is 6.92 Å². The summed E-state index contributed by atoms with van der Waals surface area (Å²) in [5.74, 6) is 0.236. The van der Waals surface area contributed by atoms with Gasteiger partial charge in [0.1, 0.15) is 23.7 Å². The molecule has 7 heteroatoms. The molecule has 0 radical (unpaired) electrons. The number of nitrogens with one attached hydrogen (secondary N) is 1. The highest BCUT2D eigenvalue weighted by atomic mass is 19.1. The van der Waals surface area contributed by atoms with Crippen LogP contribution in [0.25, 0.3) is 0 Å². The van der Waals surface area contributed by atoms with E-state index in [1.807, 2.05) is 31.2 Å².